The van der Waals surface area contributed by atoms with Gasteiger partial charge in [0, 0.05) is 25.2 Å². The van der Waals surface area contributed by atoms with E-state index in [9.17, 15) is 0 Å². The molecule has 2 aliphatic rings. The maximum absolute atomic E-state index is 5.66. The lowest BCUT2D eigenvalue weighted by atomic mass is 9.79. The highest BCUT2D eigenvalue weighted by molar-refractivity contribution is 5.85. The highest BCUT2D eigenvalue weighted by Crippen LogP contribution is 2.33. The summed E-state index contributed by atoms with van der Waals surface area (Å²) in [7, 11) is 0. The topological polar surface area (TPSA) is 33.3 Å². The van der Waals surface area contributed by atoms with Crippen LogP contribution in [0.25, 0.3) is 0 Å². The molecule has 1 aliphatic carbocycles. The lowest BCUT2D eigenvalue weighted by Gasteiger charge is -2.36. The Bertz CT molecular complexity index is 270. The van der Waals surface area contributed by atoms with Crippen LogP contribution in [-0.4, -0.2) is 38.4 Å². The van der Waals surface area contributed by atoms with Crippen LogP contribution in [0.2, 0.25) is 0 Å². The summed E-state index contributed by atoms with van der Waals surface area (Å²) >= 11 is 0. The first-order valence-electron chi connectivity index (χ1n) is 8.79. The number of rotatable bonds is 7. The quantitative estimate of drug-likeness (QED) is 0.755. The molecule has 4 heteroatoms. The summed E-state index contributed by atoms with van der Waals surface area (Å²) in [5.41, 5.74) is 0.504. The summed E-state index contributed by atoms with van der Waals surface area (Å²) in [6.45, 7) is 11.0. The summed E-state index contributed by atoms with van der Waals surface area (Å²) in [6.07, 6.45) is 7.93. The molecular weight excluding hydrogens is 284 g/mol. The zero-order chi connectivity index (χ0) is 14.4. The molecule has 0 aromatic rings. The molecule has 0 aromatic heterocycles. The van der Waals surface area contributed by atoms with Crippen molar-refractivity contribution in [1.82, 2.24) is 10.6 Å². The van der Waals surface area contributed by atoms with Gasteiger partial charge in [0.05, 0.1) is 13.2 Å². The third-order valence-corrected chi connectivity index (χ3v) is 6.03. The predicted molar refractivity (Wildman–Crippen MR) is 92.3 cm³/mol. The van der Waals surface area contributed by atoms with Gasteiger partial charge >= 0.3 is 0 Å². The lowest BCUT2D eigenvalue weighted by Crippen LogP contribution is -2.52. The zero-order valence-corrected chi connectivity index (χ0v) is 14.9. The Hall–Kier alpha value is 0.170. The van der Waals surface area contributed by atoms with Gasteiger partial charge in [0.15, 0.2) is 0 Å². The van der Waals surface area contributed by atoms with E-state index in [0.717, 1.165) is 25.7 Å². The van der Waals surface area contributed by atoms with Crippen LogP contribution < -0.4 is 10.6 Å². The van der Waals surface area contributed by atoms with Gasteiger partial charge in [-0.2, -0.15) is 0 Å². The van der Waals surface area contributed by atoms with Gasteiger partial charge in [0.2, 0.25) is 0 Å². The van der Waals surface area contributed by atoms with E-state index in [1.165, 1.54) is 45.1 Å². The van der Waals surface area contributed by atoms with E-state index in [-0.39, 0.29) is 12.4 Å². The molecule has 1 saturated heterocycles. The minimum absolute atomic E-state index is 0. The lowest BCUT2D eigenvalue weighted by molar-refractivity contribution is 0.0513. The van der Waals surface area contributed by atoms with Crippen LogP contribution in [0, 0.1) is 11.3 Å². The van der Waals surface area contributed by atoms with Crippen LogP contribution in [0.15, 0.2) is 0 Å². The van der Waals surface area contributed by atoms with Crippen LogP contribution >= 0.6 is 12.4 Å². The molecule has 0 bridgehead atoms. The van der Waals surface area contributed by atoms with E-state index in [1.54, 1.807) is 0 Å². The van der Waals surface area contributed by atoms with E-state index >= 15 is 0 Å². The molecule has 126 valence electrons. The first-order valence-corrected chi connectivity index (χ1v) is 8.79. The van der Waals surface area contributed by atoms with Crippen LogP contribution in [0.4, 0.5) is 0 Å². The Labute approximate surface area is 137 Å². The molecule has 3 nitrogen and oxygen atoms in total. The van der Waals surface area contributed by atoms with Crippen molar-refractivity contribution in [1.29, 1.82) is 0 Å². The standard InChI is InChI=1S/C17H34N2O.ClH/c1-4-17(5-2,6-3)13-19-15-9-7-8-14(15)16-12-20-11-10-18-16;/h14-16,18-19H,4-13H2,1-3H3;1H. The third-order valence-electron chi connectivity index (χ3n) is 6.03. The van der Waals surface area contributed by atoms with Gasteiger partial charge in [-0.3, -0.25) is 0 Å². The van der Waals surface area contributed by atoms with Crippen molar-refractivity contribution in [2.45, 2.75) is 71.4 Å². The summed E-state index contributed by atoms with van der Waals surface area (Å²) in [5.74, 6) is 0.763. The molecule has 2 rings (SSSR count). The van der Waals surface area contributed by atoms with Gasteiger partial charge in [-0.05, 0) is 43.4 Å². The number of nitrogens with one attached hydrogen (secondary N) is 2. The number of halogens is 1. The molecule has 0 spiro atoms. The normalized spacial score (nSPS) is 30.1. The SMILES string of the molecule is CCC(CC)(CC)CNC1CCCC1C1COCCN1.Cl. The fourth-order valence-corrected chi connectivity index (χ4v) is 4.06. The fourth-order valence-electron chi connectivity index (χ4n) is 4.06. The summed E-state index contributed by atoms with van der Waals surface area (Å²) in [5, 5.41) is 7.59. The first kappa shape index (κ1) is 19.2. The van der Waals surface area contributed by atoms with Gasteiger partial charge < -0.3 is 15.4 Å². The Kier molecular flexibility index (Phi) is 8.55. The second-order valence-electron chi connectivity index (χ2n) is 6.78. The molecule has 2 N–H and O–H groups in total. The van der Waals surface area contributed by atoms with Gasteiger partial charge in [-0.25, -0.2) is 0 Å². The van der Waals surface area contributed by atoms with E-state index < -0.39 is 0 Å². The Morgan fingerprint density at radius 3 is 2.43 bits per heavy atom. The van der Waals surface area contributed by atoms with Gasteiger partial charge in [-0.1, -0.05) is 27.2 Å². The fraction of sp³-hybridized carbons (Fsp3) is 1.00. The molecule has 3 unspecified atom stereocenters. The van der Waals surface area contributed by atoms with Crippen molar-refractivity contribution in [2.75, 3.05) is 26.3 Å². The molecule has 0 radical (unpaired) electrons. The molecule has 0 aromatic carbocycles. The molecule has 1 heterocycles. The average Bonchev–Trinajstić information content (AvgIpc) is 2.99. The highest BCUT2D eigenvalue weighted by Gasteiger charge is 2.35. The van der Waals surface area contributed by atoms with Crippen LogP contribution in [0.1, 0.15) is 59.3 Å². The molecular formula is C17H35ClN2O. The Balaban J connectivity index is 0.00000220. The number of hydrogen-bond acceptors (Lipinski definition) is 3. The van der Waals surface area contributed by atoms with Crippen LogP contribution in [-0.2, 0) is 4.74 Å². The van der Waals surface area contributed by atoms with Crippen molar-refractivity contribution >= 4 is 12.4 Å². The van der Waals surface area contributed by atoms with Crippen molar-refractivity contribution in [2.24, 2.45) is 11.3 Å². The number of hydrogen-bond donors (Lipinski definition) is 2. The van der Waals surface area contributed by atoms with E-state index in [2.05, 4.69) is 31.4 Å². The zero-order valence-electron chi connectivity index (χ0n) is 14.1. The maximum Gasteiger partial charge on any atom is 0.0623 e. The monoisotopic (exact) mass is 318 g/mol. The molecule has 0 amide bonds. The largest absolute Gasteiger partial charge is 0.379 e. The second kappa shape index (κ2) is 9.34. The van der Waals surface area contributed by atoms with Crippen molar-refractivity contribution in [3.63, 3.8) is 0 Å². The average molecular weight is 319 g/mol. The van der Waals surface area contributed by atoms with Gasteiger partial charge in [0.25, 0.3) is 0 Å². The summed E-state index contributed by atoms with van der Waals surface area (Å²) in [4.78, 5) is 0. The second-order valence-corrected chi connectivity index (χ2v) is 6.78. The molecule has 1 saturated carbocycles. The van der Waals surface area contributed by atoms with Crippen molar-refractivity contribution in [3.8, 4) is 0 Å². The van der Waals surface area contributed by atoms with Crippen LogP contribution in [0.5, 0.6) is 0 Å². The minimum Gasteiger partial charge on any atom is -0.379 e. The van der Waals surface area contributed by atoms with Crippen LogP contribution in [0.3, 0.4) is 0 Å². The first-order chi connectivity index (χ1) is 9.74. The molecule has 1 aliphatic heterocycles. The summed E-state index contributed by atoms with van der Waals surface area (Å²) in [6, 6.07) is 1.27. The van der Waals surface area contributed by atoms with E-state index in [4.69, 9.17) is 4.74 Å². The third kappa shape index (κ3) is 4.82. The Morgan fingerprint density at radius 2 is 1.86 bits per heavy atom. The number of morpholine rings is 1. The van der Waals surface area contributed by atoms with Gasteiger partial charge in [0.1, 0.15) is 0 Å². The van der Waals surface area contributed by atoms with Crippen molar-refractivity contribution in [3.05, 3.63) is 0 Å². The molecule has 3 atom stereocenters. The number of ether oxygens (including phenoxy) is 1. The van der Waals surface area contributed by atoms with Gasteiger partial charge in [-0.15, -0.1) is 12.4 Å². The van der Waals surface area contributed by atoms with E-state index in [1.807, 2.05) is 0 Å². The predicted octanol–water partition coefficient (Wildman–Crippen LogP) is 3.37. The minimum atomic E-state index is 0. The molecule has 2 fully saturated rings. The maximum atomic E-state index is 5.66. The highest BCUT2D eigenvalue weighted by atomic mass is 35.5. The van der Waals surface area contributed by atoms with Crippen molar-refractivity contribution < 1.29 is 4.74 Å². The Morgan fingerprint density at radius 1 is 1.14 bits per heavy atom. The summed E-state index contributed by atoms with van der Waals surface area (Å²) < 4.78 is 5.66. The smallest absolute Gasteiger partial charge is 0.0623 e. The van der Waals surface area contributed by atoms with E-state index in [0.29, 0.717) is 17.5 Å². The molecule has 21 heavy (non-hydrogen) atoms.